The van der Waals surface area contributed by atoms with Crippen LogP contribution in [0.4, 0.5) is 0 Å². The zero-order valence-electron chi connectivity index (χ0n) is 8.76. The second kappa shape index (κ2) is 2.95. The van der Waals surface area contributed by atoms with E-state index < -0.39 is 0 Å². The van der Waals surface area contributed by atoms with Crippen molar-refractivity contribution in [1.29, 1.82) is 0 Å². The van der Waals surface area contributed by atoms with E-state index in [-0.39, 0.29) is 36.1 Å². The Morgan fingerprint density at radius 3 is 2.62 bits per heavy atom. The van der Waals surface area contributed by atoms with Gasteiger partial charge < -0.3 is 14.7 Å². The Balaban J connectivity index is 0.000000845. The summed E-state index contributed by atoms with van der Waals surface area (Å²) in [6, 6.07) is 0. The van der Waals surface area contributed by atoms with Crippen LogP contribution in [0.5, 0.6) is 0 Å². The van der Waals surface area contributed by atoms with Crippen LogP contribution in [0.3, 0.4) is 0 Å². The molecule has 1 fully saturated rings. The molecule has 2 rings (SSSR count). The second-order valence-electron chi connectivity index (χ2n) is 4.37. The third kappa shape index (κ3) is 1.61. The van der Waals surface area contributed by atoms with E-state index in [9.17, 15) is 5.11 Å². The summed E-state index contributed by atoms with van der Waals surface area (Å²) in [6.45, 7) is 6.72. The van der Waals surface area contributed by atoms with Gasteiger partial charge in [-0.15, -0.1) is 0 Å². The van der Waals surface area contributed by atoms with Crippen LogP contribution < -0.4 is 24.0 Å². The van der Waals surface area contributed by atoms with Gasteiger partial charge in [-0.2, -0.15) is 0 Å². The molecule has 1 atom stereocenters. The largest absolute Gasteiger partial charge is 1.00 e. The van der Waals surface area contributed by atoms with Gasteiger partial charge in [-0.25, -0.2) is 0 Å². The molecular formula is C9H14LiNO2. The summed E-state index contributed by atoms with van der Waals surface area (Å²) >= 11 is 0. The standard InChI is InChI=1S/C9H15NO2.Li/c1-8(2)6-10-7(11)4-5-9(10,3)12-8;/h4,11H,5-6H2,1-3H3;/q;+1/p-1/t9-;/m1./s1. The van der Waals surface area contributed by atoms with E-state index in [1.54, 1.807) is 6.08 Å². The molecular weight excluding hydrogens is 161 g/mol. The maximum absolute atomic E-state index is 11.3. The van der Waals surface area contributed by atoms with Crippen molar-refractivity contribution in [2.24, 2.45) is 0 Å². The molecule has 0 N–H and O–H groups in total. The van der Waals surface area contributed by atoms with E-state index in [2.05, 4.69) is 0 Å². The number of hydrogen-bond donors (Lipinski definition) is 0. The zero-order valence-corrected chi connectivity index (χ0v) is 8.76. The number of hydrogen-bond acceptors (Lipinski definition) is 3. The Morgan fingerprint density at radius 1 is 1.46 bits per heavy atom. The van der Waals surface area contributed by atoms with Gasteiger partial charge in [0.25, 0.3) is 0 Å². The fraction of sp³-hybridized carbons (Fsp3) is 0.778. The van der Waals surface area contributed by atoms with Crippen molar-refractivity contribution in [3.8, 4) is 0 Å². The van der Waals surface area contributed by atoms with Crippen molar-refractivity contribution in [2.75, 3.05) is 6.54 Å². The first-order valence-electron chi connectivity index (χ1n) is 4.28. The van der Waals surface area contributed by atoms with Gasteiger partial charge >= 0.3 is 18.9 Å². The molecule has 0 unspecified atom stereocenters. The van der Waals surface area contributed by atoms with Crippen LogP contribution in [0, 0.1) is 0 Å². The number of nitrogens with zero attached hydrogens (tertiary/aromatic N) is 1. The van der Waals surface area contributed by atoms with Crippen LogP contribution in [-0.2, 0) is 4.74 Å². The molecule has 0 amide bonds. The maximum Gasteiger partial charge on any atom is 1.00 e. The molecule has 4 heteroatoms. The molecule has 0 bridgehead atoms. The van der Waals surface area contributed by atoms with Crippen LogP contribution in [-0.4, -0.2) is 22.8 Å². The molecule has 0 spiro atoms. The third-order valence-electron chi connectivity index (χ3n) is 2.53. The smallest absolute Gasteiger partial charge is 0.860 e. The van der Waals surface area contributed by atoms with Gasteiger partial charge in [0.1, 0.15) is 5.72 Å². The first-order chi connectivity index (χ1) is 5.43. The fourth-order valence-corrected chi connectivity index (χ4v) is 2.08. The maximum atomic E-state index is 11.3. The monoisotopic (exact) mass is 175 g/mol. The van der Waals surface area contributed by atoms with Crippen molar-refractivity contribution in [1.82, 2.24) is 4.90 Å². The summed E-state index contributed by atoms with van der Waals surface area (Å²) in [4.78, 5) is 1.81. The molecule has 0 saturated carbocycles. The number of rotatable bonds is 0. The summed E-state index contributed by atoms with van der Waals surface area (Å²) in [5.74, 6) is 0.114. The molecule has 0 aromatic rings. The van der Waals surface area contributed by atoms with E-state index in [1.807, 2.05) is 25.7 Å². The van der Waals surface area contributed by atoms with Crippen LogP contribution in [0.25, 0.3) is 0 Å². The molecule has 13 heavy (non-hydrogen) atoms. The van der Waals surface area contributed by atoms with Crippen molar-refractivity contribution in [3.05, 3.63) is 12.0 Å². The molecule has 0 aromatic carbocycles. The summed E-state index contributed by atoms with van der Waals surface area (Å²) in [6.07, 6.45) is 2.42. The van der Waals surface area contributed by atoms with Crippen molar-refractivity contribution in [3.63, 3.8) is 0 Å². The third-order valence-corrected chi connectivity index (χ3v) is 2.53. The normalized spacial score (nSPS) is 35.3. The molecule has 2 aliphatic heterocycles. The van der Waals surface area contributed by atoms with Crippen LogP contribution in [0.2, 0.25) is 0 Å². The molecule has 0 aromatic heterocycles. The minimum Gasteiger partial charge on any atom is -0.860 e. The van der Waals surface area contributed by atoms with E-state index in [1.165, 1.54) is 0 Å². The Bertz CT molecular complexity index is 252. The number of ether oxygens (including phenoxy) is 1. The Labute approximate surface area is 90.9 Å². The Kier molecular flexibility index (Phi) is 2.49. The minimum absolute atomic E-state index is 0. The molecule has 2 aliphatic rings. The quantitative estimate of drug-likeness (QED) is 0.379. The topological polar surface area (TPSA) is 35.5 Å². The van der Waals surface area contributed by atoms with Gasteiger partial charge in [0, 0.05) is 13.0 Å². The van der Waals surface area contributed by atoms with Crippen molar-refractivity contribution < 1.29 is 28.7 Å². The van der Waals surface area contributed by atoms with Gasteiger partial charge in [-0.1, -0.05) is 6.08 Å². The predicted octanol–water partition coefficient (Wildman–Crippen LogP) is -2.58. The predicted molar refractivity (Wildman–Crippen MR) is 43.0 cm³/mol. The minimum atomic E-state index is -0.361. The van der Waals surface area contributed by atoms with E-state index in [0.717, 1.165) is 6.42 Å². The average Bonchev–Trinajstić information content (AvgIpc) is 2.28. The van der Waals surface area contributed by atoms with Gasteiger partial charge in [-0.3, -0.25) is 0 Å². The van der Waals surface area contributed by atoms with Crippen LogP contribution >= 0.6 is 0 Å². The first-order valence-corrected chi connectivity index (χ1v) is 4.28. The van der Waals surface area contributed by atoms with Crippen molar-refractivity contribution in [2.45, 2.75) is 38.5 Å². The van der Waals surface area contributed by atoms with E-state index >= 15 is 0 Å². The van der Waals surface area contributed by atoms with E-state index in [0.29, 0.717) is 6.54 Å². The van der Waals surface area contributed by atoms with Crippen LogP contribution in [0.15, 0.2) is 12.0 Å². The van der Waals surface area contributed by atoms with Gasteiger partial charge in [0.2, 0.25) is 0 Å². The average molecular weight is 175 g/mol. The van der Waals surface area contributed by atoms with Crippen LogP contribution in [0.1, 0.15) is 27.2 Å². The first kappa shape index (κ1) is 11.0. The van der Waals surface area contributed by atoms with E-state index in [4.69, 9.17) is 4.74 Å². The molecule has 2 heterocycles. The Hall–Kier alpha value is -0.103. The fourth-order valence-electron chi connectivity index (χ4n) is 2.08. The number of fused-ring (bicyclic) bond motifs is 1. The van der Waals surface area contributed by atoms with Crippen molar-refractivity contribution >= 4 is 0 Å². The van der Waals surface area contributed by atoms with Gasteiger partial charge in [0.05, 0.1) is 5.60 Å². The molecule has 1 saturated heterocycles. The van der Waals surface area contributed by atoms with Gasteiger partial charge in [0.15, 0.2) is 0 Å². The molecule has 0 radical (unpaired) electrons. The summed E-state index contributed by atoms with van der Waals surface area (Å²) in [5.41, 5.74) is -0.542. The molecule has 3 nitrogen and oxygen atoms in total. The Morgan fingerprint density at radius 2 is 2.08 bits per heavy atom. The summed E-state index contributed by atoms with van der Waals surface area (Å²) in [5, 5.41) is 11.3. The van der Waals surface area contributed by atoms with Gasteiger partial charge in [-0.05, 0) is 26.7 Å². The second-order valence-corrected chi connectivity index (χ2v) is 4.37. The zero-order chi connectivity index (χ0) is 8.98. The summed E-state index contributed by atoms with van der Waals surface area (Å²) in [7, 11) is 0. The SMILES string of the molecule is CC1(C)CN2C([O-])=CC[C@@]2(C)O1.[Li+]. The summed E-state index contributed by atoms with van der Waals surface area (Å²) < 4.78 is 5.80. The molecule has 0 aliphatic carbocycles. The molecule has 68 valence electrons.